The van der Waals surface area contributed by atoms with Gasteiger partial charge in [-0.05, 0) is 11.6 Å². The number of carbonyl (C=O) groups is 2. The van der Waals surface area contributed by atoms with Crippen LogP contribution in [-0.2, 0) is 9.59 Å². The van der Waals surface area contributed by atoms with E-state index in [1.54, 1.807) is 0 Å². The van der Waals surface area contributed by atoms with Gasteiger partial charge in [-0.2, -0.15) is 0 Å². The highest BCUT2D eigenvalue weighted by molar-refractivity contribution is 6.36. The van der Waals surface area contributed by atoms with Gasteiger partial charge < -0.3 is 4.98 Å². The molecule has 0 saturated heterocycles. The van der Waals surface area contributed by atoms with E-state index < -0.39 is 0 Å². The Morgan fingerprint density at radius 2 is 1.55 bits per heavy atom. The fourth-order valence-corrected chi connectivity index (χ4v) is 2.84. The van der Waals surface area contributed by atoms with Crippen molar-refractivity contribution in [3.8, 4) is 11.3 Å². The Hall–Kier alpha value is -3.14. The number of benzene rings is 2. The third-order valence-corrected chi connectivity index (χ3v) is 3.79. The van der Waals surface area contributed by atoms with Gasteiger partial charge in [0.05, 0.1) is 11.3 Å². The lowest BCUT2D eigenvalue weighted by Crippen LogP contribution is -2.21. The van der Waals surface area contributed by atoms with E-state index >= 15 is 0 Å². The number of carbonyl (C=O) groups excluding carboxylic acids is 2. The maximum atomic E-state index is 12.1. The van der Waals surface area contributed by atoms with Gasteiger partial charge in [-0.25, -0.2) is 0 Å². The molecular formula is C18H12N2O2. The first-order valence-corrected chi connectivity index (χ1v) is 6.97. The van der Waals surface area contributed by atoms with E-state index in [1.807, 2.05) is 54.6 Å². The third-order valence-electron chi connectivity index (χ3n) is 3.79. The number of rotatable bonds is 2. The lowest BCUT2D eigenvalue weighted by atomic mass is 9.98. The molecule has 0 spiro atoms. The molecule has 4 nitrogen and oxygen atoms in total. The normalized spacial score (nSPS) is 14.3. The van der Waals surface area contributed by atoms with Crippen molar-refractivity contribution in [2.45, 2.75) is 0 Å². The maximum Gasteiger partial charge on any atom is 0.259 e. The molecule has 106 valence electrons. The van der Waals surface area contributed by atoms with Crippen LogP contribution in [0.4, 0.5) is 0 Å². The Morgan fingerprint density at radius 3 is 2.27 bits per heavy atom. The predicted octanol–water partition coefficient (Wildman–Crippen LogP) is 2.87. The summed E-state index contributed by atoms with van der Waals surface area (Å²) in [5, 5.41) is 3.24. The predicted molar refractivity (Wildman–Crippen MR) is 84.9 cm³/mol. The smallest absolute Gasteiger partial charge is 0.259 e. The summed E-state index contributed by atoms with van der Waals surface area (Å²) in [6.07, 6.45) is 1.37. The Morgan fingerprint density at radius 1 is 0.818 bits per heavy atom. The van der Waals surface area contributed by atoms with E-state index in [0.29, 0.717) is 5.57 Å². The number of aromatic nitrogens is 1. The SMILES string of the molecule is O=C1C=C(c2c(-c3ccccc3)[nH]c3ccccc23)C(=O)N1. The second kappa shape index (κ2) is 4.70. The van der Waals surface area contributed by atoms with Crippen LogP contribution in [0.15, 0.2) is 60.7 Å². The van der Waals surface area contributed by atoms with Crippen LogP contribution in [0.3, 0.4) is 0 Å². The van der Waals surface area contributed by atoms with Crippen molar-refractivity contribution in [2.24, 2.45) is 0 Å². The molecule has 1 aliphatic rings. The van der Waals surface area contributed by atoms with Gasteiger partial charge >= 0.3 is 0 Å². The summed E-state index contributed by atoms with van der Waals surface area (Å²) < 4.78 is 0. The van der Waals surface area contributed by atoms with Gasteiger partial charge in [-0.3, -0.25) is 14.9 Å². The highest BCUT2D eigenvalue weighted by atomic mass is 16.2. The molecule has 2 aromatic carbocycles. The number of hydrogen-bond donors (Lipinski definition) is 2. The van der Waals surface area contributed by atoms with E-state index in [-0.39, 0.29) is 11.8 Å². The van der Waals surface area contributed by atoms with Crippen molar-refractivity contribution in [3.63, 3.8) is 0 Å². The zero-order valence-corrected chi connectivity index (χ0v) is 11.6. The van der Waals surface area contributed by atoms with Crippen molar-refractivity contribution < 1.29 is 9.59 Å². The molecule has 4 rings (SSSR count). The first-order valence-electron chi connectivity index (χ1n) is 6.97. The second-order valence-corrected chi connectivity index (χ2v) is 5.16. The molecule has 0 atom stereocenters. The number of H-pyrrole nitrogens is 1. The zero-order valence-electron chi connectivity index (χ0n) is 11.6. The zero-order chi connectivity index (χ0) is 15.1. The van der Waals surface area contributed by atoms with Gasteiger partial charge in [0.25, 0.3) is 11.8 Å². The molecule has 2 amide bonds. The van der Waals surface area contributed by atoms with Gasteiger partial charge in [0, 0.05) is 22.5 Å². The minimum atomic E-state index is -0.371. The molecule has 0 radical (unpaired) electrons. The van der Waals surface area contributed by atoms with Gasteiger partial charge in [-0.15, -0.1) is 0 Å². The number of fused-ring (bicyclic) bond motifs is 1. The van der Waals surface area contributed by atoms with Crippen LogP contribution >= 0.6 is 0 Å². The number of hydrogen-bond acceptors (Lipinski definition) is 2. The number of aromatic amines is 1. The number of para-hydroxylation sites is 1. The molecule has 1 aliphatic heterocycles. The van der Waals surface area contributed by atoms with E-state index in [4.69, 9.17) is 0 Å². The minimum Gasteiger partial charge on any atom is -0.354 e. The Balaban J connectivity index is 2.05. The summed E-state index contributed by atoms with van der Waals surface area (Å²) in [6.45, 7) is 0. The molecule has 22 heavy (non-hydrogen) atoms. The van der Waals surface area contributed by atoms with E-state index in [0.717, 1.165) is 27.7 Å². The Kier molecular flexibility index (Phi) is 2.69. The van der Waals surface area contributed by atoms with Crippen molar-refractivity contribution in [1.29, 1.82) is 0 Å². The monoisotopic (exact) mass is 288 g/mol. The molecular weight excluding hydrogens is 276 g/mol. The van der Waals surface area contributed by atoms with Crippen LogP contribution < -0.4 is 5.32 Å². The fourth-order valence-electron chi connectivity index (χ4n) is 2.84. The van der Waals surface area contributed by atoms with Gasteiger partial charge in [0.15, 0.2) is 0 Å². The molecule has 0 aliphatic carbocycles. The second-order valence-electron chi connectivity index (χ2n) is 5.16. The standard InChI is InChI=1S/C18H12N2O2/c21-15-10-13(18(22)20-15)16-12-8-4-5-9-14(12)19-17(16)11-6-2-1-3-7-11/h1-10,19H,(H,20,21,22). The summed E-state index contributed by atoms with van der Waals surface area (Å²) in [4.78, 5) is 27.0. The van der Waals surface area contributed by atoms with Crippen LogP contribution in [0.2, 0.25) is 0 Å². The molecule has 1 aromatic heterocycles. The van der Waals surface area contributed by atoms with Crippen LogP contribution in [0, 0.1) is 0 Å². The number of nitrogens with one attached hydrogen (secondary N) is 2. The topological polar surface area (TPSA) is 62.0 Å². The van der Waals surface area contributed by atoms with Gasteiger partial charge in [0.2, 0.25) is 0 Å². The lowest BCUT2D eigenvalue weighted by Gasteiger charge is -2.04. The quantitative estimate of drug-likeness (QED) is 0.712. The molecule has 2 heterocycles. The fraction of sp³-hybridized carbons (Fsp3) is 0. The van der Waals surface area contributed by atoms with Crippen molar-refractivity contribution in [3.05, 3.63) is 66.2 Å². The van der Waals surface area contributed by atoms with E-state index in [1.165, 1.54) is 6.08 Å². The molecule has 4 heteroatoms. The van der Waals surface area contributed by atoms with Gasteiger partial charge in [0.1, 0.15) is 0 Å². The van der Waals surface area contributed by atoms with Crippen molar-refractivity contribution in [1.82, 2.24) is 10.3 Å². The summed E-state index contributed by atoms with van der Waals surface area (Å²) in [5.74, 6) is -0.726. The molecule has 0 saturated carbocycles. The van der Waals surface area contributed by atoms with Crippen LogP contribution in [0.25, 0.3) is 27.7 Å². The molecule has 0 bridgehead atoms. The Bertz CT molecular complexity index is 936. The summed E-state index contributed by atoms with van der Waals surface area (Å²) in [6, 6.07) is 17.5. The largest absolute Gasteiger partial charge is 0.354 e. The van der Waals surface area contributed by atoms with E-state index in [2.05, 4.69) is 10.3 Å². The first kappa shape index (κ1) is 12.6. The summed E-state index contributed by atoms with van der Waals surface area (Å²) in [5.41, 5.74) is 3.93. The Labute approximate surface area is 126 Å². The van der Waals surface area contributed by atoms with Gasteiger partial charge in [-0.1, -0.05) is 48.5 Å². The third kappa shape index (κ3) is 1.85. The van der Waals surface area contributed by atoms with Crippen molar-refractivity contribution in [2.75, 3.05) is 0 Å². The number of imide groups is 1. The summed E-state index contributed by atoms with van der Waals surface area (Å²) in [7, 11) is 0. The first-order chi connectivity index (χ1) is 10.7. The average molecular weight is 288 g/mol. The average Bonchev–Trinajstić information content (AvgIpc) is 3.07. The molecule has 3 aromatic rings. The molecule has 2 N–H and O–H groups in total. The number of amides is 2. The van der Waals surface area contributed by atoms with Crippen LogP contribution in [0.1, 0.15) is 5.56 Å². The lowest BCUT2D eigenvalue weighted by molar-refractivity contribution is -0.123. The van der Waals surface area contributed by atoms with E-state index in [9.17, 15) is 9.59 Å². The molecule has 0 unspecified atom stereocenters. The maximum absolute atomic E-state index is 12.1. The highest BCUT2D eigenvalue weighted by Crippen LogP contribution is 2.36. The molecule has 0 fully saturated rings. The minimum absolute atomic E-state index is 0.355. The highest BCUT2D eigenvalue weighted by Gasteiger charge is 2.27. The van der Waals surface area contributed by atoms with Crippen molar-refractivity contribution >= 4 is 28.3 Å². The van der Waals surface area contributed by atoms with Crippen LogP contribution in [0.5, 0.6) is 0 Å². The summed E-state index contributed by atoms with van der Waals surface area (Å²) >= 11 is 0. The van der Waals surface area contributed by atoms with Crippen LogP contribution in [-0.4, -0.2) is 16.8 Å².